The summed E-state index contributed by atoms with van der Waals surface area (Å²) in [6.07, 6.45) is 3.46. The van der Waals surface area contributed by atoms with Crippen molar-refractivity contribution in [3.63, 3.8) is 0 Å². The van der Waals surface area contributed by atoms with Gasteiger partial charge in [0.25, 0.3) is 5.91 Å². The van der Waals surface area contributed by atoms with Gasteiger partial charge in [0.15, 0.2) is 0 Å². The van der Waals surface area contributed by atoms with E-state index in [-0.39, 0.29) is 11.9 Å². The van der Waals surface area contributed by atoms with Gasteiger partial charge in [0.05, 0.1) is 0 Å². The molecule has 1 atom stereocenters. The van der Waals surface area contributed by atoms with Crippen molar-refractivity contribution in [1.29, 1.82) is 0 Å². The van der Waals surface area contributed by atoms with Crippen LogP contribution in [0.3, 0.4) is 0 Å². The molecule has 1 amide bonds. The summed E-state index contributed by atoms with van der Waals surface area (Å²) in [6, 6.07) is 1.70. The maximum Gasteiger partial charge on any atom is 0.272 e. The van der Waals surface area contributed by atoms with Crippen LogP contribution in [0.25, 0.3) is 0 Å². The van der Waals surface area contributed by atoms with Crippen molar-refractivity contribution < 1.29 is 4.79 Å². The van der Waals surface area contributed by atoms with Crippen LogP contribution in [0.2, 0.25) is 0 Å². The molecule has 0 aromatic carbocycles. The van der Waals surface area contributed by atoms with Crippen molar-refractivity contribution in [2.45, 2.75) is 33.1 Å². The molecule has 18 heavy (non-hydrogen) atoms. The molecule has 0 spiro atoms. The highest BCUT2D eigenvalue weighted by atomic mass is 16.2. The SMILES string of the molecule is CCCC1CCN(C(=O)c2cc(C)nc(N)n2)C1. The predicted molar refractivity (Wildman–Crippen MR) is 70.1 cm³/mol. The van der Waals surface area contributed by atoms with Gasteiger partial charge in [-0.3, -0.25) is 4.79 Å². The van der Waals surface area contributed by atoms with Gasteiger partial charge in [-0.2, -0.15) is 0 Å². The number of aromatic nitrogens is 2. The number of aryl methyl sites for hydroxylation is 1. The van der Waals surface area contributed by atoms with E-state index < -0.39 is 0 Å². The third-order valence-corrected chi connectivity index (χ3v) is 3.36. The van der Waals surface area contributed by atoms with Gasteiger partial charge in [0, 0.05) is 18.8 Å². The minimum Gasteiger partial charge on any atom is -0.368 e. The first-order chi connectivity index (χ1) is 8.60. The number of hydrogen-bond donors (Lipinski definition) is 1. The van der Waals surface area contributed by atoms with Crippen LogP contribution in [0, 0.1) is 12.8 Å². The second-order valence-electron chi connectivity index (χ2n) is 4.95. The quantitative estimate of drug-likeness (QED) is 0.882. The fourth-order valence-corrected chi connectivity index (χ4v) is 2.52. The Hall–Kier alpha value is -1.65. The average Bonchev–Trinajstić information content (AvgIpc) is 2.76. The van der Waals surface area contributed by atoms with E-state index in [4.69, 9.17) is 5.73 Å². The smallest absolute Gasteiger partial charge is 0.272 e. The van der Waals surface area contributed by atoms with Gasteiger partial charge in [-0.15, -0.1) is 0 Å². The largest absolute Gasteiger partial charge is 0.368 e. The highest BCUT2D eigenvalue weighted by molar-refractivity contribution is 5.92. The van der Waals surface area contributed by atoms with Crippen LogP contribution in [0.1, 0.15) is 42.4 Å². The van der Waals surface area contributed by atoms with Gasteiger partial charge in [0.1, 0.15) is 5.69 Å². The maximum absolute atomic E-state index is 12.3. The molecule has 0 radical (unpaired) electrons. The van der Waals surface area contributed by atoms with E-state index in [0.29, 0.717) is 11.6 Å². The number of rotatable bonds is 3. The molecule has 1 fully saturated rings. The third kappa shape index (κ3) is 2.78. The Labute approximate surface area is 107 Å². The summed E-state index contributed by atoms with van der Waals surface area (Å²) in [5.41, 5.74) is 6.72. The average molecular weight is 248 g/mol. The van der Waals surface area contributed by atoms with Crippen molar-refractivity contribution in [2.75, 3.05) is 18.8 Å². The summed E-state index contributed by atoms with van der Waals surface area (Å²) in [5, 5.41) is 0. The molecule has 0 saturated carbocycles. The van der Waals surface area contributed by atoms with Gasteiger partial charge < -0.3 is 10.6 Å². The number of nitrogen functional groups attached to an aromatic ring is 1. The summed E-state index contributed by atoms with van der Waals surface area (Å²) in [6.45, 7) is 5.67. The Balaban J connectivity index is 2.08. The minimum atomic E-state index is -0.0224. The number of amides is 1. The van der Waals surface area contributed by atoms with E-state index in [1.165, 1.54) is 12.8 Å². The topological polar surface area (TPSA) is 72.1 Å². The molecule has 0 bridgehead atoms. The summed E-state index contributed by atoms with van der Waals surface area (Å²) in [7, 11) is 0. The van der Waals surface area contributed by atoms with Crippen molar-refractivity contribution in [3.05, 3.63) is 17.5 Å². The lowest BCUT2D eigenvalue weighted by Crippen LogP contribution is -2.29. The van der Waals surface area contributed by atoms with Crippen molar-refractivity contribution >= 4 is 11.9 Å². The normalized spacial score (nSPS) is 19.2. The molecule has 2 N–H and O–H groups in total. The monoisotopic (exact) mass is 248 g/mol. The number of carbonyl (C=O) groups excluding carboxylic acids is 1. The lowest BCUT2D eigenvalue weighted by atomic mass is 10.0. The highest BCUT2D eigenvalue weighted by Crippen LogP contribution is 2.22. The summed E-state index contributed by atoms with van der Waals surface area (Å²) >= 11 is 0. The zero-order chi connectivity index (χ0) is 13.1. The van der Waals surface area contributed by atoms with E-state index in [2.05, 4.69) is 16.9 Å². The molecule has 1 unspecified atom stereocenters. The van der Waals surface area contributed by atoms with Crippen LogP contribution >= 0.6 is 0 Å². The molecule has 5 nitrogen and oxygen atoms in total. The highest BCUT2D eigenvalue weighted by Gasteiger charge is 2.27. The molecular formula is C13H20N4O. The standard InChI is InChI=1S/C13H20N4O/c1-3-4-10-5-6-17(8-10)12(18)11-7-9(2)15-13(14)16-11/h7,10H,3-6,8H2,1-2H3,(H2,14,15,16). The van der Waals surface area contributed by atoms with E-state index >= 15 is 0 Å². The van der Waals surface area contributed by atoms with Crippen LogP contribution < -0.4 is 5.73 Å². The molecule has 1 aliphatic heterocycles. The van der Waals surface area contributed by atoms with Crippen LogP contribution in [-0.2, 0) is 0 Å². The number of nitrogens with two attached hydrogens (primary N) is 1. The van der Waals surface area contributed by atoms with Gasteiger partial charge in [-0.25, -0.2) is 9.97 Å². The minimum absolute atomic E-state index is 0.0224. The van der Waals surface area contributed by atoms with E-state index in [0.717, 1.165) is 25.2 Å². The first-order valence-electron chi connectivity index (χ1n) is 6.50. The number of likely N-dealkylation sites (tertiary alicyclic amines) is 1. The Morgan fingerprint density at radius 1 is 1.56 bits per heavy atom. The second kappa shape index (κ2) is 5.33. The van der Waals surface area contributed by atoms with Crippen molar-refractivity contribution in [3.8, 4) is 0 Å². The Morgan fingerprint density at radius 3 is 3.00 bits per heavy atom. The van der Waals surface area contributed by atoms with Gasteiger partial charge >= 0.3 is 0 Å². The molecule has 1 aromatic rings. The van der Waals surface area contributed by atoms with E-state index in [1.807, 2.05) is 11.8 Å². The van der Waals surface area contributed by atoms with E-state index in [1.54, 1.807) is 6.07 Å². The van der Waals surface area contributed by atoms with Crippen LogP contribution in [0.15, 0.2) is 6.07 Å². The number of anilines is 1. The summed E-state index contributed by atoms with van der Waals surface area (Å²) in [4.78, 5) is 22.2. The Bertz CT molecular complexity index is 426. The number of carbonyl (C=O) groups is 1. The Morgan fingerprint density at radius 2 is 2.33 bits per heavy atom. The molecule has 0 aliphatic carbocycles. The summed E-state index contributed by atoms with van der Waals surface area (Å²) in [5.74, 6) is 0.785. The molecule has 2 rings (SSSR count). The maximum atomic E-state index is 12.3. The third-order valence-electron chi connectivity index (χ3n) is 3.36. The van der Waals surface area contributed by atoms with Crippen molar-refractivity contribution in [2.24, 2.45) is 5.92 Å². The second-order valence-corrected chi connectivity index (χ2v) is 4.95. The first kappa shape index (κ1) is 12.8. The van der Waals surface area contributed by atoms with Gasteiger partial charge in [-0.1, -0.05) is 13.3 Å². The number of hydrogen-bond acceptors (Lipinski definition) is 4. The van der Waals surface area contributed by atoms with Crippen LogP contribution in [-0.4, -0.2) is 33.9 Å². The molecule has 98 valence electrons. The molecule has 1 aliphatic rings. The van der Waals surface area contributed by atoms with Crippen LogP contribution in [0.5, 0.6) is 0 Å². The molecule has 1 aromatic heterocycles. The van der Waals surface area contributed by atoms with Gasteiger partial charge in [0.2, 0.25) is 5.95 Å². The molecule has 2 heterocycles. The molecule has 1 saturated heterocycles. The summed E-state index contributed by atoms with van der Waals surface area (Å²) < 4.78 is 0. The zero-order valence-electron chi connectivity index (χ0n) is 11.0. The lowest BCUT2D eigenvalue weighted by Gasteiger charge is -2.16. The molecule has 5 heteroatoms. The predicted octanol–water partition coefficient (Wildman–Crippen LogP) is 1.63. The lowest BCUT2D eigenvalue weighted by molar-refractivity contribution is 0.0780. The first-order valence-corrected chi connectivity index (χ1v) is 6.50. The molecular weight excluding hydrogens is 228 g/mol. The zero-order valence-corrected chi connectivity index (χ0v) is 11.0. The van der Waals surface area contributed by atoms with Crippen LogP contribution in [0.4, 0.5) is 5.95 Å². The number of nitrogens with zero attached hydrogens (tertiary/aromatic N) is 3. The fraction of sp³-hybridized carbons (Fsp3) is 0.615. The van der Waals surface area contributed by atoms with Crippen molar-refractivity contribution in [1.82, 2.24) is 14.9 Å². The fourth-order valence-electron chi connectivity index (χ4n) is 2.52. The Kier molecular flexibility index (Phi) is 3.79. The van der Waals surface area contributed by atoms with Gasteiger partial charge in [-0.05, 0) is 31.7 Å². The van der Waals surface area contributed by atoms with E-state index in [9.17, 15) is 4.79 Å².